The summed E-state index contributed by atoms with van der Waals surface area (Å²) >= 11 is 0. The highest BCUT2D eigenvalue weighted by atomic mass is 15.1. The average Bonchev–Trinajstić information content (AvgIpc) is 1.69. The number of nitrogens with zero attached hydrogens (tertiary/aromatic N) is 2. The number of amidine groups is 1. The summed E-state index contributed by atoms with van der Waals surface area (Å²) in [5, 5.41) is 10.2. The fourth-order valence-electron chi connectivity index (χ4n) is 0.302. The number of hydrogen-bond acceptors (Lipinski definition) is 1. The molecule has 0 amide bonds. The largest absolute Gasteiger partial charge is 0.331 e. The van der Waals surface area contributed by atoms with Gasteiger partial charge in [0.05, 0.1) is 4.79 Å². The van der Waals surface area contributed by atoms with Crippen LogP contribution in [-0.4, -0.2) is 16.8 Å². The van der Waals surface area contributed by atoms with Crippen LogP contribution in [0.5, 0.6) is 0 Å². The lowest BCUT2D eigenvalue weighted by Gasteiger charge is -1.70. The van der Waals surface area contributed by atoms with E-state index in [4.69, 9.17) is 5.41 Å². The van der Waals surface area contributed by atoms with Crippen molar-refractivity contribution in [2.45, 2.75) is 0 Å². The van der Waals surface area contributed by atoms with E-state index in [1.54, 1.807) is 12.2 Å². The molecular formula is C4H4N3+. The number of hydrogen-bond donors (Lipinski definition) is 1. The van der Waals surface area contributed by atoms with Crippen molar-refractivity contribution in [2.24, 2.45) is 5.11 Å². The third-order valence-corrected chi connectivity index (χ3v) is 0.572. The summed E-state index contributed by atoms with van der Waals surface area (Å²) < 4.78 is 0. The predicted molar refractivity (Wildman–Crippen MR) is 25.6 cm³/mol. The van der Waals surface area contributed by atoms with Gasteiger partial charge < -0.3 is 0 Å². The smallest absolute Gasteiger partial charge is 0.277 e. The normalized spacial score (nSPS) is 15.7. The van der Waals surface area contributed by atoms with Crippen LogP contribution < -0.4 is 0 Å². The first-order chi connectivity index (χ1) is 3.39. The van der Waals surface area contributed by atoms with E-state index >= 15 is 0 Å². The van der Waals surface area contributed by atoms with Crippen molar-refractivity contribution >= 4 is 12.1 Å². The molecule has 1 aliphatic rings. The Morgan fingerprint density at radius 1 is 1.71 bits per heavy atom. The zero-order valence-corrected chi connectivity index (χ0v) is 3.63. The van der Waals surface area contributed by atoms with E-state index < -0.39 is 0 Å². The molecule has 0 radical (unpaired) electrons. The lowest BCUT2D eigenvalue weighted by molar-refractivity contribution is -0.0653. The van der Waals surface area contributed by atoms with Gasteiger partial charge in [0.2, 0.25) is 5.84 Å². The molecule has 0 aromatic carbocycles. The van der Waals surface area contributed by atoms with Crippen LogP contribution in [0.1, 0.15) is 0 Å². The molecule has 0 unspecified atom stereocenters. The van der Waals surface area contributed by atoms with Crippen LogP contribution in [0.25, 0.3) is 0 Å². The van der Waals surface area contributed by atoms with Gasteiger partial charge >= 0.3 is 6.21 Å². The monoisotopic (exact) mass is 94.0 g/mol. The third-order valence-electron chi connectivity index (χ3n) is 0.572. The lowest BCUT2D eigenvalue weighted by Crippen LogP contribution is -1.88. The summed E-state index contributed by atoms with van der Waals surface area (Å²) in [4.78, 5) is 3.45. The SMILES string of the molecule is N=C1C=CC=[N+]=N1. The van der Waals surface area contributed by atoms with E-state index in [9.17, 15) is 0 Å². The molecule has 1 rings (SSSR count). The van der Waals surface area contributed by atoms with Crippen LogP contribution in [0.4, 0.5) is 0 Å². The van der Waals surface area contributed by atoms with E-state index in [1.165, 1.54) is 6.21 Å². The molecule has 1 N–H and O–H groups in total. The van der Waals surface area contributed by atoms with Crippen molar-refractivity contribution in [2.75, 3.05) is 0 Å². The molecule has 0 saturated carbocycles. The Labute approximate surface area is 40.6 Å². The van der Waals surface area contributed by atoms with Gasteiger partial charge in [-0.15, -0.1) is 0 Å². The van der Waals surface area contributed by atoms with Gasteiger partial charge in [0.25, 0.3) is 0 Å². The Morgan fingerprint density at radius 2 is 2.57 bits per heavy atom. The first kappa shape index (κ1) is 3.96. The summed E-state index contributed by atoms with van der Waals surface area (Å²) in [6.07, 6.45) is 4.79. The number of nitrogens with one attached hydrogen (secondary N) is 1. The summed E-state index contributed by atoms with van der Waals surface area (Å²) in [5.74, 6) is 0.211. The maximum atomic E-state index is 6.82. The summed E-state index contributed by atoms with van der Waals surface area (Å²) in [5.41, 5.74) is 0. The number of rotatable bonds is 0. The van der Waals surface area contributed by atoms with E-state index in [0.29, 0.717) is 0 Å². The third kappa shape index (κ3) is 0.809. The average molecular weight is 94.1 g/mol. The second-order valence-electron chi connectivity index (χ2n) is 1.11. The highest BCUT2D eigenvalue weighted by molar-refractivity contribution is 5.94. The van der Waals surface area contributed by atoms with Gasteiger partial charge in [-0.05, 0) is 6.08 Å². The molecule has 7 heavy (non-hydrogen) atoms. The molecule has 3 heteroatoms. The molecule has 0 bridgehead atoms. The Kier molecular flexibility index (Phi) is 0.845. The van der Waals surface area contributed by atoms with Gasteiger partial charge in [0.15, 0.2) is 0 Å². The van der Waals surface area contributed by atoms with Gasteiger partial charge in [0.1, 0.15) is 5.11 Å². The standard InChI is InChI=1S/C4H4N3/c5-4-2-1-3-6-7-4/h1-3,5H/q+1. The molecule has 0 fully saturated rings. The van der Waals surface area contributed by atoms with Crippen molar-refractivity contribution in [1.82, 2.24) is 0 Å². The second kappa shape index (κ2) is 1.49. The minimum Gasteiger partial charge on any atom is -0.277 e. The van der Waals surface area contributed by atoms with Gasteiger partial charge in [-0.3, -0.25) is 5.41 Å². The first-order valence-corrected chi connectivity index (χ1v) is 1.89. The Balaban J connectivity index is 2.98. The van der Waals surface area contributed by atoms with Crippen molar-refractivity contribution in [3.05, 3.63) is 12.2 Å². The molecule has 0 aliphatic carbocycles. The Hall–Kier alpha value is -1.21. The molecule has 0 saturated heterocycles. The zero-order chi connectivity index (χ0) is 5.11. The molecule has 0 aromatic heterocycles. The molecule has 1 heterocycles. The highest BCUT2D eigenvalue weighted by Crippen LogP contribution is 1.78. The van der Waals surface area contributed by atoms with Crippen LogP contribution in [0.3, 0.4) is 0 Å². The van der Waals surface area contributed by atoms with Gasteiger partial charge in [-0.25, -0.2) is 0 Å². The van der Waals surface area contributed by atoms with Gasteiger partial charge in [-0.1, -0.05) is 0 Å². The maximum Gasteiger partial charge on any atom is 0.331 e. The quantitative estimate of drug-likeness (QED) is 0.419. The lowest BCUT2D eigenvalue weighted by atomic mass is 10.5. The molecule has 0 aromatic rings. The Bertz CT molecular complexity index is 171. The van der Waals surface area contributed by atoms with E-state index in [0.717, 1.165) is 0 Å². The fraction of sp³-hybridized carbons (Fsp3) is 0. The highest BCUT2D eigenvalue weighted by Gasteiger charge is 1.94. The molecule has 1 aliphatic heterocycles. The van der Waals surface area contributed by atoms with Crippen LogP contribution in [0.15, 0.2) is 17.3 Å². The van der Waals surface area contributed by atoms with Gasteiger partial charge in [0, 0.05) is 6.08 Å². The van der Waals surface area contributed by atoms with E-state index in [1.807, 2.05) is 0 Å². The molecule has 34 valence electrons. The van der Waals surface area contributed by atoms with Crippen molar-refractivity contribution in [1.29, 1.82) is 5.41 Å². The zero-order valence-electron chi connectivity index (χ0n) is 3.63. The summed E-state index contributed by atoms with van der Waals surface area (Å²) in [6.45, 7) is 0. The van der Waals surface area contributed by atoms with Crippen molar-refractivity contribution in [3.8, 4) is 0 Å². The van der Waals surface area contributed by atoms with Crippen molar-refractivity contribution < 1.29 is 4.79 Å². The van der Waals surface area contributed by atoms with Crippen molar-refractivity contribution in [3.63, 3.8) is 0 Å². The van der Waals surface area contributed by atoms with Crippen LogP contribution in [0, 0.1) is 5.41 Å². The van der Waals surface area contributed by atoms with E-state index in [2.05, 4.69) is 9.90 Å². The summed E-state index contributed by atoms with van der Waals surface area (Å²) in [6, 6.07) is 0. The van der Waals surface area contributed by atoms with E-state index in [-0.39, 0.29) is 5.84 Å². The van der Waals surface area contributed by atoms with Crippen LogP contribution >= 0.6 is 0 Å². The molecular weight excluding hydrogens is 90.1 g/mol. The summed E-state index contributed by atoms with van der Waals surface area (Å²) in [7, 11) is 0. The maximum absolute atomic E-state index is 6.82. The van der Waals surface area contributed by atoms with Crippen LogP contribution in [0.2, 0.25) is 0 Å². The molecule has 0 atom stereocenters. The minimum absolute atomic E-state index is 0.211. The fourth-order valence-corrected chi connectivity index (χ4v) is 0.302. The van der Waals surface area contributed by atoms with Crippen LogP contribution in [-0.2, 0) is 0 Å². The second-order valence-corrected chi connectivity index (χ2v) is 1.11. The predicted octanol–water partition coefficient (Wildman–Crippen LogP) is 0.265. The minimum atomic E-state index is 0.211. The number of allylic oxidation sites excluding steroid dienone is 1. The first-order valence-electron chi connectivity index (χ1n) is 1.89. The Morgan fingerprint density at radius 3 is 2.86 bits per heavy atom. The van der Waals surface area contributed by atoms with Gasteiger partial charge in [-0.2, -0.15) is 0 Å². The topological polar surface area (TPSA) is 50.3 Å². The molecule has 3 nitrogen and oxygen atoms in total. The molecule has 0 spiro atoms.